The number of nitrogens with zero attached hydrogens (tertiary/aromatic N) is 4. The van der Waals surface area contributed by atoms with Crippen LogP contribution in [0.15, 0.2) is 30.6 Å². The van der Waals surface area contributed by atoms with Crippen LogP contribution in [0.2, 0.25) is 0 Å². The van der Waals surface area contributed by atoms with Gasteiger partial charge in [0.2, 0.25) is 0 Å². The van der Waals surface area contributed by atoms with E-state index in [2.05, 4.69) is 26.2 Å². The summed E-state index contributed by atoms with van der Waals surface area (Å²) in [7, 11) is 0. The SMILES string of the molecule is c1ccc(-n2cnnn2)c(NCC2CCCN2)c1. The van der Waals surface area contributed by atoms with Gasteiger partial charge < -0.3 is 10.6 Å². The zero-order valence-corrected chi connectivity index (χ0v) is 10.1. The Labute approximate surface area is 105 Å². The molecule has 94 valence electrons. The number of rotatable bonds is 4. The third kappa shape index (κ3) is 2.33. The Morgan fingerprint density at radius 2 is 2.33 bits per heavy atom. The summed E-state index contributed by atoms with van der Waals surface area (Å²) < 4.78 is 1.67. The van der Waals surface area contributed by atoms with Crippen molar-refractivity contribution in [1.82, 2.24) is 25.5 Å². The van der Waals surface area contributed by atoms with Gasteiger partial charge in [0.1, 0.15) is 6.33 Å². The van der Waals surface area contributed by atoms with Crippen molar-refractivity contribution < 1.29 is 0 Å². The van der Waals surface area contributed by atoms with Crippen LogP contribution in [0.5, 0.6) is 0 Å². The van der Waals surface area contributed by atoms with E-state index in [1.54, 1.807) is 11.0 Å². The van der Waals surface area contributed by atoms with Crippen molar-refractivity contribution >= 4 is 5.69 Å². The van der Waals surface area contributed by atoms with E-state index < -0.39 is 0 Å². The molecule has 1 atom stereocenters. The molecule has 6 heteroatoms. The molecule has 6 nitrogen and oxygen atoms in total. The molecule has 1 fully saturated rings. The summed E-state index contributed by atoms with van der Waals surface area (Å²) in [6, 6.07) is 8.60. The van der Waals surface area contributed by atoms with Crippen LogP contribution in [0.4, 0.5) is 5.69 Å². The van der Waals surface area contributed by atoms with Crippen molar-refractivity contribution in [3.8, 4) is 5.69 Å². The third-order valence-electron chi connectivity index (χ3n) is 3.20. The molecule has 0 spiro atoms. The predicted molar refractivity (Wildman–Crippen MR) is 68.7 cm³/mol. The molecule has 1 aromatic carbocycles. The quantitative estimate of drug-likeness (QED) is 0.833. The summed E-state index contributed by atoms with van der Waals surface area (Å²) in [4.78, 5) is 0. The molecule has 0 radical (unpaired) electrons. The predicted octanol–water partition coefficient (Wildman–Crippen LogP) is 0.826. The zero-order chi connectivity index (χ0) is 12.2. The van der Waals surface area contributed by atoms with Crippen molar-refractivity contribution in [3.05, 3.63) is 30.6 Å². The summed E-state index contributed by atoms with van der Waals surface area (Å²) in [5, 5.41) is 18.2. The molecule has 0 amide bonds. The second-order valence-electron chi connectivity index (χ2n) is 4.45. The minimum atomic E-state index is 0.562. The first-order valence-electron chi connectivity index (χ1n) is 6.23. The molecule has 3 rings (SSSR count). The minimum Gasteiger partial charge on any atom is -0.382 e. The molecule has 1 aliphatic heterocycles. The molecular formula is C12H16N6. The molecule has 1 unspecified atom stereocenters. The van der Waals surface area contributed by atoms with E-state index in [0.717, 1.165) is 24.5 Å². The summed E-state index contributed by atoms with van der Waals surface area (Å²) >= 11 is 0. The average molecular weight is 244 g/mol. The number of hydrogen-bond acceptors (Lipinski definition) is 5. The lowest BCUT2D eigenvalue weighted by molar-refractivity contribution is 0.633. The van der Waals surface area contributed by atoms with E-state index in [9.17, 15) is 0 Å². The normalized spacial score (nSPS) is 19.0. The molecule has 1 saturated heterocycles. The van der Waals surface area contributed by atoms with Gasteiger partial charge in [-0.25, -0.2) is 0 Å². The lowest BCUT2D eigenvalue weighted by Gasteiger charge is -2.15. The Morgan fingerprint density at radius 1 is 1.39 bits per heavy atom. The Balaban J connectivity index is 1.75. The Morgan fingerprint density at radius 3 is 3.11 bits per heavy atom. The van der Waals surface area contributed by atoms with E-state index in [1.165, 1.54) is 12.8 Å². The van der Waals surface area contributed by atoms with Gasteiger partial charge in [-0.15, -0.1) is 5.10 Å². The molecule has 0 bridgehead atoms. The lowest BCUT2D eigenvalue weighted by atomic mass is 10.2. The highest BCUT2D eigenvalue weighted by molar-refractivity contribution is 5.60. The van der Waals surface area contributed by atoms with E-state index in [4.69, 9.17) is 0 Å². The maximum Gasteiger partial charge on any atom is 0.143 e. The van der Waals surface area contributed by atoms with Crippen LogP contribution in [0.1, 0.15) is 12.8 Å². The smallest absolute Gasteiger partial charge is 0.143 e. The number of hydrogen-bond donors (Lipinski definition) is 2. The highest BCUT2D eigenvalue weighted by Crippen LogP contribution is 2.18. The van der Waals surface area contributed by atoms with Gasteiger partial charge >= 0.3 is 0 Å². The molecule has 2 N–H and O–H groups in total. The standard InChI is InChI=1S/C12H16N6/c1-2-6-12(18-9-15-16-17-18)11(5-1)14-8-10-4-3-7-13-10/h1-2,5-6,9-10,13-14H,3-4,7-8H2. The topological polar surface area (TPSA) is 67.7 Å². The van der Waals surface area contributed by atoms with Crippen molar-refractivity contribution in [2.45, 2.75) is 18.9 Å². The Kier molecular flexibility index (Phi) is 3.18. The fourth-order valence-corrected chi connectivity index (χ4v) is 2.26. The summed E-state index contributed by atoms with van der Waals surface area (Å²) in [6.45, 7) is 2.06. The molecule has 18 heavy (non-hydrogen) atoms. The van der Waals surface area contributed by atoms with Crippen LogP contribution >= 0.6 is 0 Å². The van der Waals surface area contributed by atoms with E-state index in [0.29, 0.717) is 6.04 Å². The first-order valence-corrected chi connectivity index (χ1v) is 6.23. The number of para-hydroxylation sites is 2. The van der Waals surface area contributed by atoms with Gasteiger partial charge in [0.05, 0.1) is 11.4 Å². The fourth-order valence-electron chi connectivity index (χ4n) is 2.26. The van der Waals surface area contributed by atoms with Crippen molar-refractivity contribution in [1.29, 1.82) is 0 Å². The van der Waals surface area contributed by atoms with Crippen LogP contribution in [0.25, 0.3) is 5.69 Å². The maximum atomic E-state index is 3.93. The van der Waals surface area contributed by atoms with Gasteiger partial charge in [-0.05, 0) is 41.9 Å². The highest BCUT2D eigenvalue weighted by atomic mass is 15.5. The van der Waals surface area contributed by atoms with Crippen LogP contribution in [-0.4, -0.2) is 39.3 Å². The maximum absolute atomic E-state index is 3.93. The number of nitrogens with one attached hydrogen (secondary N) is 2. The zero-order valence-electron chi connectivity index (χ0n) is 10.1. The van der Waals surface area contributed by atoms with Crippen LogP contribution in [0.3, 0.4) is 0 Å². The first-order chi connectivity index (χ1) is 8.93. The van der Waals surface area contributed by atoms with Crippen molar-refractivity contribution in [2.75, 3.05) is 18.4 Å². The van der Waals surface area contributed by atoms with Crippen LogP contribution in [0, 0.1) is 0 Å². The highest BCUT2D eigenvalue weighted by Gasteiger charge is 2.14. The van der Waals surface area contributed by atoms with Gasteiger partial charge in [-0.3, -0.25) is 0 Å². The molecule has 1 aromatic heterocycles. The van der Waals surface area contributed by atoms with Crippen LogP contribution in [-0.2, 0) is 0 Å². The van der Waals surface area contributed by atoms with Crippen molar-refractivity contribution in [2.24, 2.45) is 0 Å². The summed E-state index contributed by atoms with van der Waals surface area (Å²) in [6.07, 6.45) is 4.11. The summed E-state index contributed by atoms with van der Waals surface area (Å²) in [5.74, 6) is 0. The van der Waals surface area contributed by atoms with E-state index in [-0.39, 0.29) is 0 Å². The minimum absolute atomic E-state index is 0.562. The number of tetrazole rings is 1. The fraction of sp³-hybridized carbons (Fsp3) is 0.417. The second-order valence-corrected chi connectivity index (χ2v) is 4.45. The number of benzene rings is 1. The summed E-state index contributed by atoms with van der Waals surface area (Å²) in [5.41, 5.74) is 2.03. The molecule has 2 heterocycles. The largest absolute Gasteiger partial charge is 0.382 e. The average Bonchev–Trinajstić information content (AvgIpc) is 3.10. The number of aromatic nitrogens is 4. The molecule has 0 saturated carbocycles. The van der Waals surface area contributed by atoms with Gasteiger partial charge in [0.25, 0.3) is 0 Å². The van der Waals surface area contributed by atoms with Crippen LogP contribution < -0.4 is 10.6 Å². The van der Waals surface area contributed by atoms with E-state index in [1.807, 2.05) is 24.3 Å². The first kappa shape index (κ1) is 11.2. The van der Waals surface area contributed by atoms with Gasteiger partial charge in [0.15, 0.2) is 0 Å². The molecular weight excluding hydrogens is 228 g/mol. The number of anilines is 1. The molecule has 1 aliphatic rings. The van der Waals surface area contributed by atoms with Gasteiger partial charge in [-0.2, -0.15) is 4.68 Å². The molecule has 2 aromatic rings. The Bertz CT molecular complexity index is 489. The van der Waals surface area contributed by atoms with Crippen molar-refractivity contribution in [3.63, 3.8) is 0 Å². The third-order valence-corrected chi connectivity index (χ3v) is 3.20. The van der Waals surface area contributed by atoms with E-state index >= 15 is 0 Å². The monoisotopic (exact) mass is 244 g/mol. The Hall–Kier alpha value is -1.95. The lowest BCUT2D eigenvalue weighted by Crippen LogP contribution is -2.29. The van der Waals surface area contributed by atoms with Gasteiger partial charge in [-0.1, -0.05) is 12.1 Å². The second kappa shape index (κ2) is 5.14. The van der Waals surface area contributed by atoms with Gasteiger partial charge in [0, 0.05) is 12.6 Å². The molecule has 0 aliphatic carbocycles.